The average Bonchev–Trinajstić information content (AvgIpc) is 4.01. The molecule has 0 radical (unpaired) electrons. The highest BCUT2D eigenvalue weighted by Crippen LogP contribution is 2.50. The van der Waals surface area contributed by atoms with E-state index in [2.05, 4.69) is 176 Å². The van der Waals surface area contributed by atoms with E-state index in [0.717, 1.165) is 90.0 Å². The maximum absolute atomic E-state index is 6.26. The van der Waals surface area contributed by atoms with E-state index in [0.29, 0.717) is 17.6 Å². The summed E-state index contributed by atoms with van der Waals surface area (Å²) in [7, 11) is 0. The van der Waals surface area contributed by atoms with Gasteiger partial charge in [0.1, 0.15) is 11.2 Å². The Labute approximate surface area is 376 Å². The Bertz CT molecular complexity index is 3870. The summed E-state index contributed by atoms with van der Waals surface area (Å²) in [4.78, 5) is 16.0. The van der Waals surface area contributed by atoms with E-state index in [-0.39, 0.29) is 10.8 Å². The van der Waals surface area contributed by atoms with Gasteiger partial charge in [-0.1, -0.05) is 161 Å². The maximum atomic E-state index is 6.26. The fourth-order valence-corrected chi connectivity index (χ4v) is 10.8. The summed E-state index contributed by atoms with van der Waals surface area (Å²) in [6.45, 7) is 9.65. The van der Waals surface area contributed by atoms with Crippen LogP contribution < -0.4 is 0 Å². The Kier molecular flexibility index (Phi) is 8.02. The SMILES string of the molecule is CC1(C)CCC(C)(C)c2cc3c(cc21)c1ccc2c4ccccc4n(-c4nc(-c5ccccc5)nc(-c5ccc(-c6cccc7oc8ccccc8c67)cc5)n4)c2c1n3-c1ccccc1. The molecule has 0 atom stereocenters. The molecule has 0 saturated carbocycles. The Balaban J connectivity index is 1.09. The quantitative estimate of drug-likeness (QED) is 0.173. The fourth-order valence-electron chi connectivity index (χ4n) is 10.8. The van der Waals surface area contributed by atoms with Crippen molar-refractivity contribution in [3.63, 3.8) is 0 Å². The van der Waals surface area contributed by atoms with E-state index in [1.54, 1.807) is 0 Å². The van der Waals surface area contributed by atoms with Crippen molar-refractivity contribution in [1.29, 1.82) is 0 Å². The number of nitrogens with zero attached hydrogens (tertiary/aromatic N) is 5. The molecular formula is C59H45N5O. The first-order chi connectivity index (χ1) is 31.7. The van der Waals surface area contributed by atoms with Gasteiger partial charge in [0.25, 0.3) is 0 Å². The predicted molar refractivity (Wildman–Crippen MR) is 267 cm³/mol. The molecule has 0 spiro atoms. The van der Waals surface area contributed by atoms with Crippen molar-refractivity contribution < 1.29 is 4.42 Å². The molecule has 6 nitrogen and oxygen atoms in total. The van der Waals surface area contributed by atoms with Crippen molar-refractivity contribution in [2.24, 2.45) is 0 Å². The highest BCUT2D eigenvalue weighted by molar-refractivity contribution is 6.24. The third kappa shape index (κ3) is 5.69. The van der Waals surface area contributed by atoms with E-state index in [4.69, 9.17) is 19.4 Å². The van der Waals surface area contributed by atoms with Crippen LogP contribution in [0.15, 0.2) is 180 Å². The molecule has 312 valence electrons. The first-order valence-electron chi connectivity index (χ1n) is 22.7. The zero-order chi connectivity index (χ0) is 43.6. The Morgan fingerprint density at radius 1 is 0.431 bits per heavy atom. The molecule has 0 aliphatic heterocycles. The third-order valence-corrected chi connectivity index (χ3v) is 14.3. The molecular weight excluding hydrogens is 795 g/mol. The van der Waals surface area contributed by atoms with Gasteiger partial charge in [0.2, 0.25) is 5.95 Å². The number of fused-ring (bicyclic) bond motifs is 11. The summed E-state index contributed by atoms with van der Waals surface area (Å²) >= 11 is 0. The normalized spacial score (nSPS) is 14.6. The van der Waals surface area contributed by atoms with Gasteiger partial charge in [0.05, 0.1) is 22.1 Å². The van der Waals surface area contributed by atoms with Crippen molar-refractivity contribution in [3.05, 3.63) is 187 Å². The summed E-state index contributed by atoms with van der Waals surface area (Å²) in [5.41, 5.74) is 14.4. The van der Waals surface area contributed by atoms with Crippen LogP contribution in [0.2, 0.25) is 0 Å². The van der Waals surface area contributed by atoms with Crippen molar-refractivity contribution >= 4 is 65.6 Å². The molecule has 0 bridgehead atoms. The van der Waals surface area contributed by atoms with Crippen LogP contribution in [0.1, 0.15) is 51.7 Å². The zero-order valence-corrected chi connectivity index (χ0v) is 36.8. The van der Waals surface area contributed by atoms with E-state index >= 15 is 0 Å². The lowest BCUT2D eigenvalue weighted by molar-refractivity contribution is 0.332. The number of rotatable bonds is 5. The number of furan rings is 1. The molecule has 65 heavy (non-hydrogen) atoms. The lowest BCUT2D eigenvalue weighted by Gasteiger charge is -2.42. The smallest absolute Gasteiger partial charge is 0.238 e. The topological polar surface area (TPSA) is 61.7 Å². The fraction of sp³-hybridized carbons (Fsp3) is 0.136. The molecule has 1 aliphatic rings. The molecule has 4 aromatic heterocycles. The molecule has 1 aliphatic carbocycles. The summed E-state index contributed by atoms with van der Waals surface area (Å²) < 4.78 is 11.0. The van der Waals surface area contributed by atoms with Gasteiger partial charge in [-0.3, -0.25) is 4.57 Å². The largest absolute Gasteiger partial charge is 0.456 e. The minimum absolute atomic E-state index is 0.0511. The van der Waals surface area contributed by atoms with Gasteiger partial charge in [-0.05, 0) is 88.4 Å². The van der Waals surface area contributed by atoms with Gasteiger partial charge in [-0.15, -0.1) is 0 Å². The number of benzene rings is 8. The van der Waals surface area contributed by atoms with Gasteiger partial charge >= 0.3 is 0 Å². The van der Waals surface area contributed by atoms with E-state index < -0.39 is 0 Å². The van der Waals surface area contributed by atoms with Gasteiger partial charge in [-0.25, -0.2) is 4.98 Å². The standard InChI is InChI=1S/C59H45N5O/c1-58(2)32-33-59(3,4)47-35-49-45(34-46(47)58)43-31-30-42-41-20-11-13-23-48(41)64(54(42)53(43)63(49)39-18-9-6-10-19-39)57-61-55(37-16-7-5-8-17-37)60-56(62-57)38-28-26-36(27-29-38)40-22-15-25-51-52(40)44-21-12-14-24-50(44)65-51/h5-31,34-35H,32-33H2,1-4H3. The Morgan fingerprint density at radius 3 is 1.74 bits per heavy atom. The minimum atomic E-state index is 0.0511. The van der Waals surface area contributed by atoms with Crippen LogP contribution >= 0.6 is 0 Å². The lowest BCUT2D eigenvalue weighted by atomic mass is 9.63. The van der Waals surface area contributed by atoms with Crippen molar-refractivity contribution in [1.82, 2.24) is 24.1 Å². The van der Waals surface area contributed by atoms with Crippen molar-refractivity contribution in [2.45, 2.75) is 51.4 Å². The third-order valence-electron chi connectivity index (χ3n) is 14.3. The van der Waals surface area contributed by atoms with Gasteiger partial charge in [0.15, 0.2) is 11.6 Å². The number of aromatic nitrogens is 5. The molecule has 13 rings (SSSR count). The molecule has 0 fully saturated rings. The second kappa shape index (κ2) is 13.8. The van der Waals surface area contributed by atoms with Crippen LogP contribution in [-0.4, -0.2) is 24.1 Å². The van der Waals surface area contributed by atoms with E-state index in [1.807, 2.05) is 36.4 Å². The molecule has 0 N–H and O–H groups in total. The van der Waals surface area contributed by atoms with Crippen LogP contribution in [0.5, 0.6) is 0 Å². The predicted octanol–water partition coefficient (Wildman–Crippen LogP) is 15.3. The molecule has 8 aromatic carbocycles. The van der Waals surface area contributed by atoms with Crippen LogP contribution in [0.25, 0.3) is 111 Å². The van der Waals surface area contributed by atoms with E-state index in [1.165, 1.54) is 27.4 Å². The van der Waals surface area contributed by atoms with Crippen molar-refractivity contribution in [3.8, 4) is 45.5 Å². The second-order valence-corrected chi connectivity index (χ2v) is 19.1. The Morgan fingerprint density at radius 2 is 1.00 bits per heavy atom. The molecule has 0 saturated heterocycles. The molecule has 0 amide bonds. The summed E-state index contributed by atoms with van der Waals surface area (Å²) in [5, 5.41) is 6.97. The highest BCUT2D eigenvalue weighted by atomic mass is 16.3. The average molecular weight is 840 g/mol. The zero-order valence-electron chi connectivity index (χ0n) is 36.8. The summed E-state index contributed by atoms with van der Waals surface area (Å²) in [6, 6.07) is 62.5. The number of hydrogen-bond acceptors (Lipinski definition) is 4. The van der Waals surface area contributed by atoms with Gasteiger partial charge in [0, 0.05) is 49.1 Å². The first-order valence-corrected chi connectivity index (χ1v) is 22.7. The van der Waals surface area contributed by atoms with Crippen LogP contribution in [0.4, 0.5) is 0 Å². The minimum Gasteiger partial charge on any atom is -0.456 e. The lowest BCUT2D eigenvalue weighted by Crippen LogP contribution is -2.33. The molecule has 0 unspecified atom stereocenters. The Hall–Kier alpha value is -7.83. The number of para-hydroxylation sites is 3. The van der Waals surface area contributed by atoms with Crippen LogP contribution in [0.3, 0.4) is 0 Å². The number of hydrogen-bond donors (Lipinski definition) is 0. The molecule has 4 heterocycles. The second-order valence-electron chi connectivity index (χ2n) is 19.1. The van der Waals surface area contributed by atoms with E-state index in [9.17, 15) is 0 Å². The van der Waals surface area contributed by atoms with Crippen LogP contribution in [0, 0.1) is 0 Å². The molecule has 6 heteroatoms. The van der Waals surface area contributed by atoms with Gasteiger partial charge in [-0.2, -0.15) is 9.97 Å². The summed E-state index contributed by atoms with van der Waals surface area (Å²) in [5.74, 6) is 1.78. The maximum Gasteiger partial charge on any atom is 0.238 e. The van der Waals surface area contributed by atoms with Crippen LogP contribution in [-0.2, 0) is 10.8 Å². The molecule has 12 aromatic rings. The highest BCUT2D eigenvalue weighted by Gasteiger charge is 2.38. The first kappa shape index (κ1) is 37.7. The van der Waals surface area contributed by atoms with Gasteiger partial charge < -0.3 is 8.98 Å². The summed E-state index contributed by atoms with van der Waals surface area (Å²) in [6.07, 6.45) is 2.30. The van der Waals surface area contributed by atoms with Crippen molar-refractivity contribution in [2.75, 3.05) is 0 Å². The monoisotopic (exact) mass is 839 g/mol.